The molecule has 1 saturated carbocycles. The van der Waals surface area contributed by atoms with Crippen LogP contribution in [0.15, 0.2) is 31.2 Å². The summed E-state index contributed by atoms with van der Waals surface area (Å²) in [6.07, 6.45) is 10.9. The number of rotatable bonds is 16. The summed E-state index contributed by atoms with van der Waals surface area (Å²) in [5.41, 5.74) is -0.658. The lowest BCUT2D eigenvalue weighted by molar-refractivity contribution is -0.145. The SMILES string of the molecule is C=CCNC(=O)C(O)C(CCCC)NC(=O)[C@@H]1C[C@@H](C(C)C)CN1C(=O)[C@@H](NC(=O)[C@@H](NC(=O)c1cnccn1)C1CCCCC1)C(C)(C)C. The van der Waals surface area contributed by atoms with Gasteiger partial charge < -0.3 is 31.3 Å². The van der Waals surface area contributed by atoms with Gasteiger partial charge in [0.1, 0.15) is 23.8 Å². The molecule has 1 aliphatic heterocycles. The van der Waals surface area contributed by atoms with Crippen LogP contribution in [0.3, 0.4) is 0 Å². The topological polar surface area (TPSA) is 183 Å². The Morgan fingerprint density at radius 3 is 2.30 bits per heavy atom. The van der Waals surface area contributed by atoms with E-state index in [0.29, 0.717) is 25.8 Å². The molecule has 6 atom stereocenters. The minimum absolute atomic E-state index is 0.0159. The number of aliphatic hydroxyl groups excluding tert-OH is 1. The van der Waals surface area contributed by atoms with Gasteiger partial charge in [-0.2, -0.15) is 0 Å². The lowest BCUT2D eigenvalue weighted by Crippen LogP contribution is -2.62. The quantitative estimate of drug-likeness (QED) is 0.164. The largest absolute Gasteiger partial charge is 0.381 e. The second-order valence-electron chi connectivity index (χ2n) is 15.2. The van der Waals surface area contributed by atoms with Crippen LogP contribution in [0.5, 0.6) is 0 Å². The standard InChI is InChI=1S/C37H59N7O6/c1-8-10-16-26(30(45)35(49)40-17-9-2)41-33(47)28-20-25(23(3)4)22-44(28)36(50)31(37(5,6)7)43-34(48)29(24-14-12-11-13-15-24)42-32(46)27-21-38-18-19-39-27/h9,18-19,21,23-26,28-31,45H,2,8,10-17,20,22H2,1,3-7H3,(H,40,49)(H,41,47)(H,42,46)(H,43,48)/t25-,26?,28+,29+,30?,31-/m1/s1. The van der Waals surface area contributed by atoms with Crippen LogP contribution in [0.4, 0.5) is 0 Å². The first kappa shape index (κ1) is 40.6. The van der Waals surface area contributed by atoms with Gasteiger partial charge >= 0.3 is 0 Å². The van der Waals surface area contributed by atoms with Gasteiger partial charge in [0.2, 0.25) is 17.7 Å². The van der Waals surface area contributed by atoms with E-state index < -0.39 is 65.2 Å². The Kier molecular flexibility index (Phi) is 15.4. The van der Waals surface area contributed by atoms with Crippen molar-refractivity contribution in [3.05, 3.63) is 36.9 Å². The number of likely N-dealkylation sites (tertiary alicyclic amines) is 1. The molecule has 1 aromatic rings. The molecule has 2 heterocycles. The number of nitrogens with one attached hydrogen (secondary N) is 4. The second-order valence-corrected chi connectivity index (χ2v) is 15.2. The Labute approximate surface area is 297 Å². The van der Waals surface area contributed by atoms with E-state index in [1.54, 1.807) is 4.90 Å². The van der Waals surface area contributed by atoms with Crippen LogP contribution in [-0.4, -0.2) is 92.9 Å². The summed E-state index contributed by atoms with van der Waals surface area (Å²) >= 11 is 0. The number of unbranched alkanes of at least 4 members (excludes halogenated alkanes) is 1. The van der Waals surface area contributed by atoms with Crippen LogP contribution in [0, 0.1) is 23.2 Å². The Balaban J connectivity index is 1.88. The molecule has 5 N–H and O–H groups in total. The fourth-order valence-corrected chi connectivity index (χ4v) is 6.86. The molecule has 278 valence electrons. The summed E-state index contributed by atoms with van der Waals surface area (Å²) in [4.78, 5) is 78.2. The summed E-state index contributed by atoms with van der Waals surface area (Å²) in [6, 6.07) is -3.62. The predicted octanol–water partition coefficient (Wildman–Crippen LogP) is 2.90. The van der Waals surface area contributed by atoms with Gasteiger partial charge in [-0.05, 0) is 48.9 Å². The Bertz CT molecular complexity index is 1310. The predicted molar refractivity (Wildman–Crippen MR) is 190 cm³/mol. The molecule has 13 heteroatoms. The number of amides is 5. The third-order valence-electron chi connectivity index (χ3n) is 10.0. The van der Waals surface area contributed by atoms with Crippen LogP contribution in [0.1, 0.15) is 110 Å². The minimum Gasteiger partial charge on any atom is -0.381 e. The summed E-state index contributed by atoms with van der Waals surface area (Å²) in [5.74, 6) is -2.37. The van der Waals surface area contributed by atoms with Gasteiger partial charge in [-0.15, -0.1) is 6.58 Å². The van der Waals surface area contributed by atoms with Crippen LogP contribution in [-0.2, 0) is 19.2 Å². The zero-order valence-corrected chi connectivity index (χ0v) is 30.7. The summed E-state index contributed by atoms with van der Waals surface area (Å²) in [7, 11) is 0. The monoisotopic (exact) mass is 697 g/mol. The maximum atomic E-state index is 14.6. The highest BCUT2D eigenvalue weighted by Gasteiger charge is 2.47. The molecule has 0 aromatic carbocycles. The van der Waals surface area contributed by atoms with Crippen molar-refractivity contribution in [3.8, 4) is 0 Å². The normalized spacial score (nSPS) is 20.7. The lowest BCUT2D eigenvalue weighted by atomic mass is 9.82. The number of hydrogen-bond donors (Lipinski definition) is 5. The van der Waals surface area contributed by atoms with E-state index in [1.807, 2.05) is 41.5 Å². The maximum absolute atomic E-state index is 14.6. The molecule has 2 aliphatic rings. The average Bonchev–Trinajstić information content (AvgIpc) is 3.56. The van der Waals surface area contributed by atoms with E-state index in [4.69, 9.17) is 0 Å². The summed E-state index contributed by atoms with van der Waals surface area (Å²) in [6.45, 7) is 15.7. The second kappa shape index (κ2) is 18.9. The Morgan fingerprint density at radius 2 is 1.72 bits per heavy atom. The molecule has 1 aliphatic carbocycles. The molecule has 0 spiro atoms. The molecule has 3 rings (SSSR count). The number of nitrogens with zero attached hydrogens (tertiary/aromatic N) is 3. The van der Waals surface area contributed by atoms with Crippen molar-refractivity contribution >= 4 is 29.5 Å². The highest BCUT2D eigenvalue weighted by Crippen LogP contribution is 2.33. The highest BCUT2D eigenvalue weighted by molar-refractivity contribution is 5.98. The molecular formula is C37H59N7O6. The van der Waals surface area contributed by atoms with Crippen molar-refractivity contribution in [1.29, 1.82) is 0 Å². The van der Waals surface area contributed by atoms with E-state index in [2.05, 4.69) is 37.8 Å². The number of hydrogen-bond acceptors (Lipinski definition) is 8. The molecule has 1 saturated heterocycles. The highest BCUT2D eigenvalue weighted by atomic mass is 16.3. The third-order valence-corrected chi connectivity index (χ3v) is 10.0. The number of carbonyl (C=O) groups excluding carboxylic acids is 5. The van der Waals surface area contributed by atoms with Gasteiger partial charge in [0, 0.05) is 25.5 Å². The molecular weight excluding hydrogens is 638 g/mol. The van der Waals surface area contributed by atoms with Crippen molar-refractivity contribution in [2.75, 3.05) is 13.1 Å². The van der Waals surface area contributed by atoms with Crippen LogP contribution in [0.25, 0.3) is 0 Å². The number of aliphatic hydroxyl groups is 1. The maximum Gasteiger partial charge on any atom is 0.272 e. The van der Waals surface area contributed by atoms with Crippen molar-refractivity contribution in [1.82, 2.24) is 36.1 Å². The number of carbonyl (C=O) groups is 5. The molecule has 50 heavy (non-hydrogen) atoms. The van der Waals surface area contributed by atoms with E-state index in [1.165, 1.54) is 24.7 Å². The van der Waals surface area contributed by atoms with Crippen molar-refractivity contribution in [2.45, 2.75) is 130 Å². The first-order valence-corrected chi connectivity index (χ1v) is 18.2. The summed E-state index contributed by atoms with van der Waals surface area (Å²) in [5, 5.41) is 22.3. The van der Waals surface area contributed by atoms with E-state index in [9.17, 15) is 29.1 Å². The fourth-order valence-electron chi connectivity index (χ4n) is 6.86. The first-order valence-electron chi connectivity index (χ1n) is 18.2. The molecule has 0 radical (unpaired) electrons. The molecule has 2 unspecified atom stereocenters. The van der Waals surface area contributed by atoms with Crippen LogP contribution < -0.4 is 21.3 Å². The van der Waals surface area contributed by atoms with Gasteiger partial charge in [0.05, 0.1) is 12.2 Å². The van der Waals surface area contributed by atoms with Gasteiger partial charge in [0.25, 0.3) is 11.8 Å². The van der Waals surface area contributed by atoms with Gasteiger partial charge in [-0.3, -0.25) is 29.0 Å². The fraction of sp³-hybridized carbons (Fsp3) is 0.703. The Hall–Kier alpha value is -3.87. The van der Waals surface area contributed by atoms with Gasteiger partial charge in [0.15, 0.2) is 6.10 Å². The van der Waals surface area contributed by atoms with Gasteiger partial charge in [-0.25, -0.2) is 4.98 Å². The molecule has 13 nitrogen and oxygen atoms in total. The van der Waals surface area contributed by atoms with Crippen LogP contribution in [0.2, 0.25) is 0 Å². The molecule has 2 fully saturated rings. The molecule has 0 bridgehead atoms. The molecule has 5 amide bonds. The summed E-state index contributed by atoms with van der Waals surface area (Å²) < 4.78 is 0. The Morgan fingerprint density at radius 1 is 1.02 bits per heavy atom. The molecule has 1 aromatic heterocycles. The van der Waals surface area contributed by atoms with Crippen molar-refractivity contribution in [3.63, 3.8) is 0 Å². The lowest BCUT2D eigenvalue weighted by Gasteiger charge is -2.38. The van der Waals surface area contributed by atoms with Crippen LogP contribution >= 0.6 is 0 Å². The number of aromatic nitrogens is 2. The average molecular weight is 698 g/mol. The zero-order valence-electron chi connectivity index (χ0n) is 30.7. The van der Waals surface area contributed by atoms with E-state index in [-0.39, 0.29) is 30.0 Å². The van der Waals surface area contributed by atoms with E-state index >= 15 is 0 Å². The van der Waals surface area contributed by atoms with E-state index in [0.717, 1.165) is 38.5 Å². The zero-order chi connectivity index (χ0) is 37.0. The smallest absolute Gasteiger partial charge is 0.272 e. The third kappa shape index (κ3) is 11.1. The van der Waals surface area contributed by atoms with Gasteiger partial charge in [-0.1, -0.05) is 79.7 Å². The minimum atomic E-state index is -1.48. The first-order chi connectivity index (χ1) is 23.7. The van der Waals surface area contributed by atoms with Crippen molar-refractivity contribution < 1.29 is 29.1 Å². The van der Waals surface area contributed by atoms with Crippen molar-refractivity contribution in [2.24, 2.45) is 23.2 Å².